The summed E-state index contributed by atoms with van der Waals surface area (Å²) >= 11 is 4.81. The van der Waals surface area contributed by atoms with Crippen molar-refractivity contribution in [3.8, 4) is 5.75 Å². The zero-order valence-electron chi connectivity index (χ0n) is 16.7. The molecule has 0 unspecified atom stereocenters. The minimum atomic E-state index is -1.12. The molecule has 29 heavy (non-hydrogen) atoms. The quantitative estimate of drug-likeness (QED) is 0.260. The molecule has 0 spiro atoms. The predicted octanol–water partition coefficient (Wildman–Crippen LogP) is 2.81. The summed E-state index contributed by atoms with van der Waals surface area (Å²) in [5.41, 5.74) is 0. The van der Waals surface area contributed by atoms with Crippen molar-refractivity contribution >= 4 is 47.5 Å². The topological polar surface area (TPSA) is 108 Å². The van der Waals surface area contributed by atoms with E-state index >= 15 is 0 Å². The number of thiol groups is 1. The van der Waals surface area contributed by atoms with Crippen LogP contribution in [0.1, 0.15) is 27.7 Å². The van der Waals surface area contributed by atoms with Gasteiger partial charge in [-0.25, -0.2) is 9.59 Å². The highest BCUT2D eigenvalue weighted by molar-refractivity contribution is 8.13. The molecule has 1 rings (SSSR count). The lowest BCUT2D eigenvalue weighted by Gasteiger charge is -2.22. The predicted molar refractivity (Wildman–Crippen MR) is 112 cm³/mol. The van der Waals surface area contributed by atoms with E-state index in [1.807, 2.05) is 0 Å². The Morgan fingerprint density at radius 3 is 2.24 bits per heavy atom. The molecule has 0 bridgehead atoms. The van der Waals surface area contributed by atoms with Crippen LogP contribution in [0.15, 0.2) is 30.3 Å². The Bertz CT molecular complexity index is 717. The van der Waals surface area contributed by atoms with Gasteiger partial charge in [0, 0.05) is 5.75 Å². The maximum atomic E-state index is 12.5. The van der Waals surface area contributed by atoms with Gasteiger partial charge in [0.05, 0.1) is 10.7 Å². The molecule has 160 valence electrons. The van der Waals surface area contributed by atoms with Crippen molar-refractivity contribution in [2.75, 3.05) is 12.5 Å². The van der Waals surface area contributed by atoms with E-state index in [0.717, 1.165) is 0 Å². The van der Waals surface area contributed by atoms with Crippen LogP contribution in [0.5, 0.6) is 5.75 Å². The normalized spacial score (nSPS) is 12.1. The lowest BCUT2D eigenvalue weighted by Crippen LogP contribution is -2.50. The molecule has 0 saturated heterocycles. The fourth-order valence-electron chi connectivity index (χ4n) is 1.67. The molecule has 0 radical (unpaired) electrons. The standard InChI is InChI=1S/C19H25NO7S2/c1-12(2)15(21)25-11-26-18(24)29-10-14(20-17(23)19(3,4)28)16(22)27-13-8-6-5-7-9-13/h5-9,12,14,28H,10-11H2,1-4H3,(H,20,23)/t14-/m0/s1. The van der Waals surface area contributed by atoms with E-state index < -0.39 is 40.7 Å². The summed E-state index contributed by atoms with van der Waals surface area (Å²) in [6, 6.07) is 7.20. The van der Waals surface area contributed by atoms with Gasteiger partial charge in [-0.15, -0.1) is 0 Å². The van der Waals surface area contributed by atoms with E-state index in [-0.39, 0.29) is 11.7 Å². The Morgan fingerprint density at radius 2 is 1.69 bits per heavy atom. The van der Waals surface area contributed by atoms with Gasteiger partial charge < -0.3 is 19.5 Å². The summed E-state index contributed by atoms with van der Waals surface area (Å²) in [6.07, 6.45) is 0. The maximum Gasteiger partial charge on any atom is 0.370 e. The van der Waals surface area contributed by atoms with Crippen molar-refractivity contribution in [2.45, 2.75) is 38.5 Å². The van der Waals surface area contributed by atoms with E-state index in [1.165, 1.54) is 0 Å². The van der Waals surface area contributed by atoms with Crippen molar-refractivity contribution < 1.29 is 33.4 Å². The first-order valence-electron chi connectivity index (χ1n) is 8.77. The molecule has 0 saturated carbocycles. The first-order valence-corrected chi connectivity index (χ1v) is 10.2. The number of carbonyl (C=O) groups is 4. The summed E-state index contributed by atoms with van der Waals surface area (Å²) < 4.78 is 13.7. The Balaban J connectivity index is 2.66. The van der Waals surface area contributed by atoms with E-state index in [4.69, 9.17) is 14.2 Å². The van der Waals surface area contributed by atoms with Crippen LogP contribution in [0.4, 0.5) is 4.79 Å². The number of hydrogen-bond acceptors (Lipinski definition) is 9. The van der Waals surface area contributed by atoms with Gasteiger partial charge in [-0.05, 0) is 37.7 Å². The van der Waals surface area contributed by atoms with Gasteiger partial charge in [0.25, 0.3) is 0 Å². The fourth-order valence-corrected chi connectivity index (χ4v) is 2.39. The molecule has 1 aromatic carbocycles. The van der Waals surface area contributed by atoms with Gasteiger partial charge in [0.15, 0.2) is 0 Å². The monoisotopic (exact) mass is 443 g/mol. The number of hydrogen-bond donors (Lipinski definition) is 2. The van der Waals surface area contributed by atoms with Crippen molar-refractivity contribution in [2.24, 2.45) is 5.92 Å². The van der Waals surface area contributed by atoms with Crippen molar-refractivity contribution in [3.05, 3.63) is 30.3 Å². The number of thioether (sulfide) groups is 1. The summed E-state index contributed by atoms with van der Waals surface area (Å²) in [7, 11) is 0. The number of ether oxygens (including phenoxy) is 3. The lowest BCUT2D eigenvalue weighted by atomic mass is 10.2. The van der Waals surface area contributed by atoms with E-state index in [0.29, 0.717) is 17.5 Å². The van der Waals surface area contributed by atoms with Gasteiger partial charge in [-0.3, -0.25) is 9.59 Å². The summed E-state index contributed by atoms with van der Waals surface area (Å²) in [6.45, 7) is 5.89. The van der Waals surface area contributed by atoms with Crippen LogP contribution in [-0.2, 0) is 23.9 Å². The molecule has 0 fully saturated rings. The third-order valence-electron chi connectivity index (χ3n) is 3.32. The molecule has 0 aromatic heterocycles. The number of benzene rings is 1. The van der Waals surface area contributed by atoms with Crippen LogP contribution >= 0.6 is 24.4 Å². The average Bonchev–Trinajstić information content (AvgIpc) is 2.64. The van der Waals surface area contributed by atoms with Crippen LogP contribution < -0.4 is 10.1 Å². The van der Waals surface area contributed by atoms with E-state index in [9.17, 15) is 19.2 Å². The van der Waals surface area contributed by atoms with Crippen LogP contribution in [0.2, 0.25) is 0 Å². The minimum absolute atomic E-state index is 0.141. The Morgan fingerprint density at radius 1 is 1.07 bits per heavy atom. The maximum absolute atomic E-state index is 12.5. The molecular formula is C19H25NO7S2. The highest BCUT2D eigenvalue weighted by Gasteiger charge is 2.30. The number of esters is 2. The second-order valence-corrected chi connectivity index (χ2v) is 8.83. The molecule has 10 heteroatoms. The highest BCUT2D eigenvalue weighted by atomic mass is 32.2. The average molecular weight is 444 g/mol. The summed E-state index contributed by atoms with van der Waals surface area (Å²) in [5, 5.41) is 1.75. The second kappa shape index (κ2) is 11.7. The van der Waals surface area contributed by atoms with Crippen LogP contribution in [-0.4, -0.2) is 46.5 Å². The lowest BCUT2D eigenvalue weighted by molar-refractivity contribution is -0.155. The number of amides is 1. The van der Waals surface area contributed by atoms with E-state index in [2.05, 4.69) is 17.9 Å². The van der Waals surface area contributed by atoms with Crippen molar-refractivity contribution in [1.82, 2.24) is 5.32 Å². The summed E-state index contributed by atoms with van der Waals surface area (Å²) in [5.74, 6) is -1.94. The largest absolute Gasteiger partial charge is 0.428 e. The minimum Gasteiger partial charge on any atom is -0.428 e. The molecule has 0 heterocycles. The fraction of sp³-hybridized carbons (Fsp3) is 0.474. The molecule has 1 aromatic rings. The zero-order chi connectivity index (χ0) is 22.0. The molecule has 0 aliphatic rings. The van der Waals surface area contributed by atoms with Crippen LogP contribution in [0, 0.1) is 5.92 Å². The van der Waals surface area contributed by atoms with Gasteiger partial charge in [0.2, 0.25) is 12.7 Å². The zero-order valence-corrected chi connectivity index (χ0v) is 18.4. The van der Waals surface area contributed by atoms with Crippen molar-refractivity contribution in [1.29, 1.82) is 0 Å². The highest BCUT2D eigenvalue weighted by Crippen LogP contribution is 2.16. The number of carbonyl (C=O) groups excluding carboxylic acids is 4. The Kier molecular flexibility index (Phi) is 10.0. The van der Waals surface area contributed by atoms with Crippen LogP contribution in [0.3, 0.4) is 0 Å². The molecule has 8 nitrogen and oxygen atoms in total. The molecular weight excluding hydrogens is 418 g/mol. The Hall–Kier alpha value is -2.20. The van der Waals surface area contributed by atoms with Gasteiger partial charge in [0.1, 0.15) is 11.8 Å². The molecule has 1 atom stereocenters. The third-order valence-corrected chi connectivity index (χ3v) is 4.38. The SMILES string of the molecule is CC(C)C(=O)OCOC(=O)SC[C@H](NC(=O)C(C)(C)S)C(=O)Oc1ccccc1. The number of para-hydroxylation sites is 1. The first-order chi connectivity index (χ1) is 13.5. The Labute approximate surface area is 179 Å². The van der Waals surface area contributed by atoms with Gasteiger partial charge in [-0.1, -0.05) is 32.0 Å². The first kappa shape index (κ1) is 24.8. The van der Waals surface area contributed by atoms with E-state index in [1.54, 1.807) is 58.0 Å². The number of nitrogens with one attached hydrogen (secondary N) is 1. The number of rotatable bonds is 9. The van der Waals surface area contributed by atoms with Crippen LogP contribution in [0.25, 0.3) is 0 Å². The van der Waals surface area contributed by atoms with Gasteiger partial charge >= 0.3 is 17.2 Å². The third kappa shape index (κ3) is 9.71. The molecule has 0 aliphatic heterocycles. The molecule has 1 N–H and O–H groups in total. The second-order valence-electron chi connectivity index (χ2n) is 6.76. The smallest absolute Gasteiger partial charge is 0.370 e. The molecule has 1 amide bonds. The van der Waals surface area contributed by atoms with Crippen molar-refractivity contribution in [3.63, 3.8) is 0 Å². The summed E-state index contributed by atoms with van der Waals surface area (Å²) in [4.78, 5) is 47.8. The van der Waals surface area contributed by atoms with Gasteiger partial charge in [-0.2, -0.15) is 12.6 Å². The molecule has 0 aliphatic carbocycles.